The van der Waals surface area contributed by atoms with Gasteiger partial charge in [-0.05, 0) is 31.0 Å². The van der Waals surface area contributed by atoms with Crippen molar-refractivity contribution in [2.24, 2.45) is 10.8 Å². The Bertz CT molecular complexity index is 650. The third kappa shape index (κ3) is 2.78. The van der Waals surface area contributed by atoms with Gasteiger partial charge in [0.2, 0.25) is 6.17 Å². The molecular formula is C22H36N2O3+2. The number of piperidine rings is 2. The Morgan fingerprint density at radius 1 is 0.926 bits per heavy atom. The largest absolute Gasteiger partial charge is 0.493 e. The van der Waals surface area contributed by atoms with Crippen molar-refractivity contribution in [2.75, 3.05) is 40.4 Å². The van der Waals surface area contributed by atoms with Gasteiger partial charge in [0, 0.05) is 0 Å². The molecule has 4 heterocycles. The van der Waals surface area contributed by atoms with Crippen LogP contribution in [-0.4, -0.2) is 51.6 Å². The van der Waals surface area contributed by atoms with Gasteiger partial charge in [0.15, 0.2) is 11.5 Å². The maximum atomic E-state index is 11.4. The van der Waals surface area contributed by atoms with Gasteiger partial charge in [-0.25, -0.2) is 0 Å². The summed E-state index contributed by atoms with van der Waals surface area (Å²) in [5, 5.41) is 11.4. The van der Waals surface area contributed by atoms with E-state index in [0.29, 0.717) is 6.17 Å². The Morgan fingerprint density at radius 3 is 1.89 bits per heavy atom. The van der Waals surface area contributed by atoms with Gasteiger partial charge in [0.25, 0.3) is 0 Å². The second-order valence-corrected chi connectivity index (χ2v) is 9.20. The highest BCUT2D eigenvalue weighted by Crippen LogP contribution is 2.45. The fourth-order valence-corrected chi connectivity index (χ4v) is 6.92. The number of aliphatic hydroxyl groups excluding tert-OH is 1. The molecule has 27 heavy (non-hydrogen) atoms. The van der Waals surface area contributed by atoms with Crippen LogP contribution in [0.2, 0.25) is 0 Å². The van der Waals surface area contributed by atoms with Gasteiger partial charge >= 0.3 is 0 Å². The van der Waals surface area contributed by atoms with Crippen LogP contribution in [0.3, 0.4) is 0 Å². The molecule has 4 aliphatic rings. The van der Waals surface area contributed by atoms with Crippen molar-refractivity contribution in [3.8, 4) is 11.5 Å². The normalized spacial score (nSPS) is 39.6. The fraction of sp³-hybridized carbons (Fsp3) is 0.727. The van der Waals surface area contributed by atoms with Gasteiger partial charge < -0.3 is 14.6 Å². The van der Waals surface area contributed by atoms with E-state index in [2.05, 4.69) is 26.0 Å². The van der Waals surface area contributed by atoms with Crippen LogP contribution in [0.4, 0.5) is 0 Å². The molecule has 4 bridgehead atoms. The number of nitrogens with one attached hydrogen (secondary N) is 2. The van der Waals surface area contributed by atoms with E-state index < -0.39 is 0 Å². The van der Waals surface area contributed by atoms with E-state index in [1.807, 2.05) is 6.07 Å². The number of rotatable bonds is 7. The average molecular weight is 377 g/mol. The van der Waals surface area contributed by atoms with E-state index in [0.717, 1.165) is 63.4 Å². The summed E-state index contributed by atoms with van der Waals surface area (Å²) in [6, 6.07) is 6.42. The zero-order valence-electron chi connectivity index (χ0n) is 17.3. The highest BCUT2D eigenvalue weighted by atomic mass is 16.5. The predicted molar refractivity (Wildman–Crippen MR) is 104 cm³/mol. The molecule has 4 aliphatic heterocycles. The van der Waals surface area contributed by atoms with E-state index in [9.17, 15) is 5.11 Å². The Balaban J connectivity index is 1.70. The third-order valence-corrected chi connectivity index (χ3v) is 7.53. The van der Waals surface area contributed by atoms with Gasteiger partial charge in [0.05, 0.1) is 62.9 Å². The molecule has 4 fully saturated rings. The second-order valence-electron chi connectivity index (χ2n) is 9.20. The maximum Gasteiger partial charge on any atom is 0.240 e. The minimum atomic E-state index is -0.135. The lowest BCUT2D eigenvalue weighted by molar-refractivity contribution is -1.19. The smallest absolute Gasteiger partial charge is 0.240 e. The Kier molecular flexibility index (Phi) is 4.90. The van der Waals surface area contributed by atoms with E-state index in [1.165, 1.54) is 5.56 Å². The van der Waals surface area contributed by atoms with Crippen LogP contribution in [0.1, 0.15) is 51.3 Å². The van der Waals surface area contributed by atoms with Crippen LogP contribution in [0, 0.1) is 10.8 Å². The molecule has 150 valence electrons. The van der Waals surface area contributed by atoms with Gasteiger partial charge in [-0.3, -0.25) is 9.80 Å². The lowest BCUT2D eigenvalue weighted by atomic mass is 9.56. The van der Waals surface area contributed by atoms with Crippen molar-refractivity contribution in [3.63, 3.8) is 0 Å². The lowest BCUT2D eigenvalue weighted by Crippen LogP contribution is -3.41. The molecule has 0 aromatic heterocycles. The molecule has 4 saturated heterocycles. The number of aliphatic hydroxyl groups is 1. The summed E-state index contributed by atoms with van der Waals surface area (Å²) in [6.07, 6.45) is 4.90. The maximum absolute atomic E-state index is 11.4. The van der Waals surface area contributed by atoms with Crippen LogP contribution in [0.5, 0.6) is 11.5 Å². The standard InChI is InChI=1S/C22H34N2O3/c1-5-9-21-12-23-14-22(10-6-2,20(21)25)15-24(13-21)19(23)16-7-8-17(26-3)18(11-16)27-4/h7-8,11,19-20,25H,5-6,9-10,12-15H2,1-4H3/p+2. The molecule has 0 spiro atoms. The van der Waals surface area contributed by atoms with Gasteiger partial charge in [0.1, 0.15) is 0 Å². The molecule has 0 aliphatic carbocycles. The van der Waals surface area contributed by atoms with Crippen LogP contribution < -0.4 is 19.3 Å². The van der Waals surface area contributed by atoms with E-state index in [1.54, 1.807) is 24.0 Å². The number of hydrogen-bond acceptors (Lipinski definition) is 3. The second kappa shape index (κ2) is 6.94. The summed E-state index contributed by atoms with van der Waals surface area (Å²) in [5.74, 6) is 1.61. The quantitative estimate of drug-likeness (QED) is 0.648. The molecule has 3 N–H and O–H groups in total. The molecule has 0 atom stereocenters. The fourth-order valence-electron chi connectivity index (χ4n) is 6.92. The number of benzene rings is 1. The predicted octanol–water partition coefficient (Wildman–Crippen LogP) is 0.447. The highest BCUT2D eigenvalue weighted by molar-refractivity contribution is 5.43. The van der Waals surface area contributed by atoms with E-state index >= 15 is 0 Å². The Labute approximate surface area is 163 Å². The topological polar surface area (TPSA) is 47.6 Å². The molecule has 0 amide bonds. The third-order valence-electron chi connectivity index (χ3n) is 7.53. The van der Waals surface area contributed by atoms with Crippen LogP contribution in [0.15, 0.2) is 18.2 Å². The van der Waals surface area contributed by atoms with Crippen LogP contribution >= 0.6 is 0 Å². The van der Waals surface area contributed by atoms with Crippen molar-refractivity contribution in [3.05, 3.63) is 23.8 Å². The number of methoxy groups -OCH3 is 2. The summed E-state index contributed by atoms with van der Waals surface area (Å²) in [6.45, 7) is 8.90. The summed E-state index contributed by atoms with van der Waals surface area (Å²) >= 11 is 0. The number of quaternary nitrogens is 2. The zero-order chi connectivity index (χ0) is 19.2. The van der Waals surface area contributed by atoms with Crippen molar-refractivity contribution in [1.82, 2.24) is 0 Å². The molecule has 0 radical (unpaired) electrons. The minimum Gasteiger partial charge on any atom is -0.493 e. The van der Waals surface area contributed by atoms with Crippen LogP contribution in [0.25, 0.3) is 0 Å². The molecule has 0 saturated carbocycles. The van der Waals surface area contributed by atoms with Gasteiger partial charge in [-0.2, -0.15) is 0 Å². The SMILES string of the molecule is CCCC12C[NH+]3CC(CCC)(C[NH+](C1)C3c1ccc(OC)c(OC)c1)C2O. The Morgan fingerprint density at radius 2 is 1.44 bits per heavy atom. The van der Waals surface area contributed by atoms with Gasteiger partial charge in [-0.1, -0.05) is 26.7 Å². The zero-order valence-corrected chi connectivity index (χ0v) is 17.3. The van der Waals surface area contributed by atoms with Gasteiger partial charge in [-0.15, -0.1) is 0 Å². The molecule has 5 heteroatoms. The summed E-state index contributed by atoms with van der Waals surface area (Å²) in [7, 11) is 3.40. The number of hydrogen-bond donors (Lipinski definition) is 3. The van der Waals surface area contributed by atoms with Crippen molar-refractivity contribution < 1.29 is 24.4 Å². The van der Waals surface area contributed by atoms with Crippen molar-refractivity contribution in [2.45, 2.75) is 51.8 Å². The average Bonchev–Trinajstić information content (AvgIpc) is 2.65. The molecular weight excluding hydrogens is 340 g/mol. The Hall–Kier alpha value is -1.30. The number of ether oxygens (including phenoxy) is 2. The molecule has 5 rings (SSSR count). The first-order chi connectivity index (χ1) is 13.0. The first-order valence-electron chi connectivity index (χ1n) is 10.6. The van der Waals surface area contributed by atoms with E-state index in [4.69, 9.17) is 9.47 Å². The summed E-state index contributed by atoms with van der Waals surface area (Å²) in [4.78, 5) is 3.31. The highest BCUT2D eigenvalue weighted by Gasteiger charge is 2.70. The van der Waals surface area contributed by atoms with E-state index in [-0.39, 0.29) is 16.9 Å². The summed E-state index contributed by atoms with van der Waals surface area (Å²) < 4.78 is 11.0. The van der Waals surface area contributed by atoms with Crippen molar-refractivity contribution in [1.29, 1.82) is 0 Å². The minimum absolute atomic E-state index is 0.0954. The monoisotopic (exact) mass is 376 g/mol. The first kappa shape index (κ1) is 19.0. The van der Waals surface area contributed by atoms with Crippen LogP contribution in [-0.2, 0) is 0 Å². The lowest BCUT2D eigenvalue weighted by Gasteiger charge is -2.64. The molecule has 1 aromatic rings. The first-order valence-corrected chi connectivity index (χ1v) is 10.6. The molecule has 5 nitrogen and oxygen atoms in total. The van der Waals surface area contributed by atoms with Crippen molar-refractivity contribution >= 4 is 0 Å². The summed E-state index contributed by atoms with van der Waals surface area (Å²) in [5.41, 5.74) is 1.53. The molecule has 0 unspecified atom stereocenters. The molecule has 1 aromatic carbocycles.